The first-order chi connectivity index (χ1) is 18.2. The molecule has 1 aromatic heterocycles. The van der Waals surface area contributed by atoms with E-state index < -0.39 is 24.3 Å². The highest BCUT2D eigenvalue weighted by Crippen LogP contribution is 2.42. The third-order valence-corrected chi connectivity index (χ3v) is 5.82. The number of carbonyl (C=O) groups is 2. The number of hydrogen-bond donors (Lipinski definition) is 2. The van der Waals surface area contributed by atoms with Gasteiger partial charge in [-0.05, 0) is 18.2 Å². The van der Waals surface area contributed by atoms with Gasteiger partial charge in [-0.2, -0.15) is 26.3 Å². The molecule has 2 atom stereocenters. The molecule has 2 aromatic rings. The van der Waals surface area contributed by atoms with Crippen LogP contribution in [0.1, 0.15) is 5.56 Å². The van der Waals surface area contributed by atoms with Crippen molar-refractivity contribution in [2.24, 2.45) is 11.3 Å². The maximum Gasteiger partial charge on any atom is 0.490 e. The van der Waals surface area contributed by atoms with Crippen LogP contribution in [0.2, 0.25) is 0 Å². The summed E-state index contributed by atoms with van der Waals surface area (Å²) in [4.78, 5) is 24.4. The third-order valence-electron chi connectivity index (χ3n) is 5.82. The van der Waals surface area contributed by atoms with Gasteiger partial charge >= 0.3 is 24.3 Å². The number of carboxylic acids is 2. The Morgan fingerprint density at radius 2 is 1.69 bits per heavy atom. The molecule has 2 aliphatic rings. The lowest BCUT2D eigenvalue weighted by Crippen LogP contribution is -2.36. The minimum Gasteiger partial charge on any atom is -0.496 e. The molecule has 0 aliphatic carbocycles. The molecule has 2 fully saturated rings. The number of aliphatic carboxylic acids is 2. The molecule has 216 valence electrons. The molecule has 15 heteroatoms. The minimum atomic E-state index is -5.08. The molecule has 39 heavy (non-hydrogen) atoms. The molecule has 0 bridgehead atoms. The van der Waals surface area contributed by atoms with Gasteiger partial charge in [-0.25, -0.2) is 9.59 Å². The van der Waals surface area contributed by atoms with Gasteiger partial charge in [-0.1, -0.05) is 18.2 Å². The van der Waals surface area contributed by atoms with Crippen molar-refractivity contribution in [3.8, 4) is 11.5 Å². The van der Waals surface area contributed by atoms with Gasteiger partial charge < -0.3 is 24.4 Å². The van der Waals surface area contributed by atoms with E-state index in [0.717, 1.165) is 44.3 Å². The van der Waals surface area contributed by atoms with Gasteiger partial charge in [0.05, 0.1) is 33.1 Å². The Bertz CT molecular complexity index is 1060. The van der Waals surface area contributed by atoms with E-state index in [9.17, 15) is 26.3 Å². The van der Waals surface area contributed by atoms with Crippen LogP contribution in [0.5, 0.6) is 11.5 Å². The normalized spacial score (nSPS) is 20.5. The molecule has 0 unspecified atom stereocenters. The molecule has 2 N–H and O–H groups in total. The van der Waals surface area contributed by atoms with E-state index in [0.29, 0.717) is 12.5 Å². The van der Waals surface area contributed by atoms with Gasteiger partial charge in [0.25, 0.3) is 0 Å². The van der Waals surface area contributed by atoms with Crippen molar-refractivity contribution < 1.29 is 60.4 Å². The topological polar surface area (TPSA) is 118 Å². The number of methoxy groups -OCH3 is 1. The molecule has 0 amide bonds. The maximum absolute atomic E-state index is 10.6. The molecule has 3 heterocycles. The molecule has 2 aliphatic heterocycles. The van der Waals surface area contributed by atoms with Gasteiger partial charge in [0, 0.05) is 42.7 Å². The average Bonchev–Trinajstić information content (AvgIpc) is 3.40. The molecule has 2 saturated heterocycles. The Balaban J connectivity index is 0.000000317. The number of halogens is 6. The smallest absolute Gasteiger partial charge is 0.490 e. The molecule has 0 spiro atoms. The van der Waals surface area contributed by atoms with E-state index >= 15 is 0 Å². The first kappa shape index (κ1) is 31.6. The predicted molar refractivity (Wildman–Crippen MR) is 122 cm³/mol. The summed E-state index contributed by atoms with van der Waals surface area (Å²) in [5, 5.41) is 14.2. The Morgan fingerprint density at radius 1 is 1.08 bits per heavy atom. The zero-order valence-electron chi connectivity index (χ0n) is 20.5. The van der Waals surface area contributed by atoms with Gasteiger partial charge in [0.15, 0.2) is 0 Å². The summed E-state index contributed by atoms with van der Waals surface area (Å²) in [7, 11) is 1.73. The SMILES string of the molecule is COc1ccccc1CN1C[C@@H]2COC[C@]2(COc2cccnc2)C1.O=C(O)C(F)(F)F.O=C(O)C(F)(F)F. The second kappa shape index (κ2) is 13.5. The molecule has 4 rings (SSSR count). The summed E-state index contributed by atoms with van der Waals surface area (Å²) in [5.41, 5.74) is 1.30. The number of fused-ring (bicyclic) bond motifs is 1. The largest absolute Gasteiger partial charge is 0.496 e. The highest BCUT2D eigenvalue weighted by Gasteiger charge is 2.51. The van der Waals surface area contributed by atoms with E-state index in [1.54, 1.807) is 19.5 Å². The highest BCUT2D eigenvalue weighted by atomic mass is 19.4. The molecular formula is C24H26F6N2O7. The summed E-state index contributed by atoms with van der Waals surface area (Å²) < 4.78 is 80.8. The van der Waals surface area contributed by atoms with Gasteiger partial charge in [-0.3, -0.25) is 9.88 Å². The lowest BCUT2D eigenvalue weighted by atomic mass is 9.82. The van der Waals surface area contributed by atoms with Crippen molar-refractivity contribution in [2.45, 2.75) is 18.9 Å². The van der Waals surface area contributed by atoms with Crippen molar-refractivity contribution >= 4 is 11.9 Å². The van der Waals surface area contributed by atoms with Crippen LogP contribution in [-0.4, -0.2) is 84.4 Å². The van der Waals surface area contributed by atoms with E-state index in [4.69, 9.17) is 34.0 Å². The van der Waals surface area contributed by atoms with Gasteiger partial charge in [-0.15, -0.1) is 0 Å². The molecule has 0 saturated carbocycles. The fraction of sp³-hybridized carbons (Fsp3) is 0.458. The van der Waals surface area contributed by atoms with Gasteiger partial charge in [0.2, 0.25) is 0 Å². The predicted octanol–water partition coefficient (Wildman–Crippen LogP) is 3.88. The summed E-state index contributed by atoms with van der Waals surface area (Å²) in [6.07, 6.45) is -6.64. The maximum atomic E-state index is 10.6. The molecule has 0 radical (unpaired) electrons. The van der Waals surface area contributed by atoms with Crippen LogP contribution < -0.4 is 9.47 Å². The van der Waals surface area contributed by atoms with Crippen molar-refractivity contribution in [1.29, 1.82) is 0 Å². The zero-order valence-corrected chi connectivity index (χ0v) is 20.5. The highest BCUT2D eigenvalue weighted by molar-refractivity contribution is 5.73. The van der Waals surface area contributed by atoms with E-state index in [-0.39, 0.29) is 5.41 Å². The molecule has 9 nitrogen and oxygen atoms in total. The Labute approximate surface area is 218 Å². The third kappa shape index (κ3) is 9.58. The number of alkyl halides is 6. The summed E-state index contributed by atoms with van der Waals surface area (Å²) >= 11 is 0. The van der Waals surface area contributed by atoms with Crippen molar-refractivity contribution in [3.05, 3.63) is 54.4 Å². The molecular weight excluding hydrogens is 542 g/mol. The van der Waals surface area contributed by atoms with E-state index in [1.165, 1.54) is 5.56 Å². The number of rotatable bonds is 6. The standard InChI is InChI=1S/C20H24N2O3.2C2HF3O2/c1-23-19-7-3-2-5-16(19)10-22-11-17-12-24-14-20(17,13-22)15-25-18-6-4-8-21-9-18;2*3-2(4,5)1(6)7/h2-9,17H,10-15H2,1H3;2*(H,6,7)/t17-,20+;;/m1../s1. The Kier molecular flexibility index (Phi) is 10.9. The Hall–Kier alpha value is -3.59. The van der Waals surface area contributed by atoms with E-state index in [1.807, 2.05) is 24.3 Å². The minimum absolute atomic E-state index is 0.0673. The number of aromatic nitrogens is 1. The summed E-state index contributed by atoms with van der Waals surface area (Å²) in [6.45, 7) is 5.17. The lowest BCUT2D eigenvalue weighted by molar-refractivity contribution is -0.193. The number of ether oxygens (including phenoxy) is 3. The fourth-order valence-electron chi connectivity index (χ4n) is 4.00. The molecule has 1 aromatic carbocycles. The van der Waals surface area contributed by atoms with Crippen LogP contribution >= 0.6 is 0 Å². The number of likely N-dealkylation sites (tertiary alicyclic amines) is 1. The fourth-order valence-corrected chi connectivity index (χ4v) is 4.00. The van der Waals surface area contributed by atoms with Crippen LogP contribution in [0.4, 0.5) is 26.3 Å². The lowest BCUT2D eigenvalue weighted by Gasteiger charge is -2.27. The van der Waals surface area contributed by atoms with Crippen LogP contribution in [-0.2, 0) is 20.9 Å². The Morgan fingerprint density at radius 3 is 2.23 bits per heavy atom. The number of hydrogen-bond acceptors (Lipinski definition) is 7. The summed E-state index contributed by atoms with van der Waals surface area (Å²) in [6, 6.07) is 12.1. The first-order valence-corrected chi connectivity index (χ1v) is 11.2. The number of para-hydroxylation sites is 1. The number of carboxylic acid groups (broad SMARTS) is 2. The van der Waals surface area contributed by atoms with Crippen LogP contribution in [0.3, 0.4) is 0 Å². The second-order valence-corrected chi connectivity index (χ2v) is 8.64. The van der Waals surface area contributed by atoms with Crippen LogP contribution in [0.25, 0.3) is 0 Å². The number of nitrogens with zero attached hydrogens (tertiary/aromatic N) is 2. The van der Waals surface area contributed by atoms with Crippen molar-refractivity contribution in [3.63, 3.8) is 0 Å². The zero-order chi connectivity index (χ0) is 29.3. The van der Waals surface area contributed by atoms with Crippen molar-refractivity contribution in [2.75, 3.05) is 40.0 Å². The van der Waals surface area contributed by atoms with Gasteiger partial charge in [0.1, 0.15) is 11.5 Å². The van der Waals surface area contributed by atoms with Crippen LogP contribution in [0, 0.1) is 11.3 Å². The van der Waals surface area contributed by atoms with E-state index in [2.05, 4.69) is 22.0 Å². The number of benzene rings is 1. The average molecular weight is 568 g/mol. The first-order valence-electron chi connectivity index (χ1n) is 11.2. The quantitative estimate of drug-likeness (QED) is 0.501. The summed E-state index contributed by atoms with van der Waals surface area (Å²) in [5.74, 6) is -3.22. The van der Waals surface area contributed by atoms with Crippen molar-refractivity contribution in [1.82, 2.24) is 9.88 Å². The van der Waals surface area contributed by atoms with Crippen LogP contribution in [0.15, 0.2) is 48.8 Å². The number of pyridine rings is 1. The monoisotopic (exact) mass is 568 g/mol. The second-order valence-electron chi connectivity index (χ2n) is 8.64.